The lowest BCUT2D eigenvalue weighted by Crippen LogP contribution is -2.30. The maximum atomic E-state index is 10.8. The summed E-state index contributed by atoms with van der Waals surface area (Å²) in [6.07, 6.45) is 1.46. The normalized spacial score (nSPS) is 7.67. The van der Waals surface area contributed by atoms with E-state index in [-0.39, 0.29) is 11.8 Å². The van der Waals surface area contributed by atoms with Crippen molar-refractivity contribution in [2.24, 2.45) is 0 Å². The first-order valence-electron chi connectivity index (χ1n) is 4.06. The molecule has 0 aromatic heterocycles. The van der Waals surface area contributed by atoms with Gasteiger partial charge in [0.15, 0.2) is 0 Å². The van der Waals surface area contributed by atoms with E-state index in [0.717, 1.165) is 11.0 Å². The van der Waals surface area contributed by atoms with E-state index in [2.05, 4.69) is 6.58 Å². The van der Waals surface area contributed by atoms with Crippen LogP contribution in [0.5, 0.6) is 0 Å². The van der Waals surface area contributed by atoms with Gasteiger partial charge in [0.05, 0.1) is 0 Å². The van der Waals surface area contributed by atoms with Gasteiger partial charge in [-0.25, -0.2) is 0 Å². The monoisotopic (exact) mass is 171 g/mol. The zero-order valence-electron chi connectivity index (χ0n) is 8.26. The standard InChI is InChI=1S/C7H11NO2.C2H6/c1-4-6(9)8(3)7(10)5-2;1-2/h4H,1,5H2,2-3H3;1-2H3. The second kappa shape index (κ2) is 7.98. The smallest absolute Gasteiger partial charge is 0.252 e. The predicted octanol–water partition coefficient (Wildman–Crippen LogP) is 1.59. The van der Waals surface area contributed by atoms with Crippen molar-refractivity contribution < 1.29 is 9.59 Å². The molecule has 0 aliphatic carbocycles. The van der Waals surface area contributed by atoms with Gasteiger partial charge < -0.3 is 0 Å². The van der Waals surface area contributed by atoms with Crippen molar-refractivity contribution in [2.45, 2.75) is 27.2 Å². The number of hydrogen-bond acceptors (Lipinski definition) is 2. The van der Waals surface area contributed by atoms with Crippen LogP contribution in [0.1, 0.15) is 27.2 Å². The van der Waals surface area contributed by atoms with Gasteiger partial charge >= 0.3 is 0 Å². The second-order valence-corrected chi connectivity index (χ2v) is 1.85. The van der Waals surface area contributed by atoms with E-state index in [1.807, 2.05) is 13.8 Å². The lowest BCUT2D eigenvalue weighted by atomic mass is 10.4. The third-order valence-electron chi connectivity index (χ3n) is 1.18. The molecule has 3 nitrogen and oxygen atoms in total. The van der Waals surface area contributed by atoms with Gasteiger partial charge in [-0.1, -0.05) is 27.4 Å². The number of carbonyl (C=O) groups is 2. The van der Waals surface area contributed by atoms with E-state index < -0.39 is 0 Å². The Labute approximate surface area is 74.1 Å². The lowest BCUT2D eigenvalue weighted by molar-refractivity contribution is -0.140. The van der Waals surface area contributed by atoms with Gasteiger partial charge in [0.25, 0.3) is 5.91 Å². The van der Waals surface area contributed by atoms with E-state index in [0.29, 0.717) is 6.42 Å². The zero-order valence-corrected chi connectivity index (χ0v) is 8.26. The number of nitrogens with zero attached hydrogens (tertiary/aromatic N) is 1. The van der Waals surface area contributed by atoms with Gasteiger partial charge in [0.1, 0.15) is 0 Å². The number of carbonyl (C=O) groups excluding carboxylic acids is 2. The topological polar surface area (TPSA) is 37.4 Å². The Balaban J connectivity index is 0. The molecular weight excluding hydrogens is 154 g/mol. The first-order chi connectivity index (χ1) is 5.63. The molecule has 0 aliphatic rings. The number of hydrogen-bond donors (Lipinski definition) is 0. The van der Waals surface area contributed by atoms with Crippen molar-refractivity contribution in [3.05, 3.63) is 12.7 Å². The van der Waals surface area contributed by atoms with Crippen LogP contribution in [0.3, 0.4) is 0 Å². The Hall–Kier alpha value is -1.12. The zero-order chi connectivity index (χ0) is 10.1. The van der Waals surface area contributed by atoms with E-state index in [1.54, 1.807) is 6.92 Å². The number of amides is 2. The van der Waals surface area contributed by atoms with Crippen molar-refractivity contribution in [1.82, 2.24) is 4.90 Å². The summed E-state index contributed by atoms with van der Waals surface area (Å²) in [7, 11) is 1.44. The third-order valence-corrected chi connectivity index (χ3v) is 1.18. The molecule has 0 spiro atoms. The highest BCUT2D eigenvalue weighted by molar-refractivity contribution is 6.00. The molecule has 0 saturated heterocycles. The van der Waals surface area contributed by atoms with Gasteiger partial charge in [-0.15, -0.1) is 0 Å². The number of imide groups is 1. The minimum absolute atomic E-state index is 0.190. The molecule has 2 amide bonds. The molecule has 0 atom stereocenters. The molecule has 0 radical (unpaired) electrons. The molecular formula is C9H17NO2. The maximum absolute atomic E-state index is 10.8. The number of likely N-dealkylation sites (N-methyl/N-ethyl adjacent to an activating group) is 1. The highest BCUT2D eigenvalue weighted by Crippen LogP contribution is 1.90. The van der Waals surface area contributed by atoms with Gasteiger partial charge in [0, 0.05) is 13.5 Å². The van der Waals surface area contributed by atoms with Crippen molar-refractivity contribution in [2.75, 3.05) is 7.05 Å². The fourth-order valence-electron chi connectivity index (χ4n) is 0.497. The molecule has 0 heterocycles. The molecule has 0 saturated carbocycles. The Morgan fingerprint density at radius 3 is 2.08 bits per heavy atom. The van der Waals surface area contributed by atoms with Crippen LogP contribution in [0.15, 0.2) is 12.7 Å². The van der Waals surface area contributed by atoms with Crippen LogP contribution in [0.2, 0.25) is 0 Å². The summed E-state index contributed by atoms with van der Waals surface area (Å²) in [6.45, 7) is 8.96. The SMILES string of the molecule is C=CC(=O)N(C)C(=O)CC.CC. The third kappa shape index (κ3) is 4.66. The van der Waals surface area contributed by atoms with Crippen LogP contribution in [0.25, 0.3) is 0 Å². The number of rotatable bonds is 2. The second-order valence-electron chi connectivity index (χ2n) is 1.85. The van der Waals surface area contributed by atoms with Crippen LogP contribution in [0.4, 0.5) is 0 Å². The molecule has 0 fully saturated rings. The highest BCUT2D eigenvalue weighted by Gasteiger charge is 2.10. The minimum atomic E-state index is -0.355. The Kier molecular flexibility index (Phi) is 8.96. The molecule has 0 unspecified atom stereocenters. The van der Waals surface area contributed by atoms with Crippen LogP contribution in [-0.4, -0.2) is 23.8 Å². The molecule has 3 heteroatoms. The maximum Gasteiger partial charge on any atom is 0.252 e. The average molecular weight is 171 g/mol. The van der Waals surface area contributed by atoms with Gasteiger partial charge in [0.2, 0.25) is 5.91 Å². The van der Waals surface area contributed by atoms with Crippen LogP contribution in [-0.2, 0) is 9.59 Å². The molecule has 0 aromatic carbocycles. The molecule has 0 N–H and O–H groups in total. The molecule has 70 valence electrons. The Bertz CT molecular complexity index is 164. The van der Waals surface area contributed by atoms with Gasteiger partial charge in [-0.2, -0.15) is 0 Å². The predicted molar refractivity (Wildman–Crippen MR) is 49.6 cm³/mol. The highest BCUT2D eigenvalue weighted by atomic mass is 16.2. The molecule has 12 heavy (non-hydrogen) atoms. The van der Waals surface area contributed by atoms with Crippen LogP contribution < -0.4 is 0 Å². The summed E-state index contributed by atoms with van der Waals surface area (Å²) in [5.74, 6) is -0.545. The summed E-state index contributed by atoms with van der Waals surface area (Å²) >= 11 is 0. The van der Waals surface area contributed by atoms with E-state index in [9.17, 15) is 9.59 Å². The Morgan fingerprint density at radius 2 is 1.83 bits per heavy atom. The van der Waals surface area contributed by atoms with E-state index >= 15 is 0 Å². The minimum Gasteiger partial charge on any atom is -0.282 e. The van der Waals surface area contributed by atoms with Crippen LogP contribution >= 0.6 is 0 Å². The largest absolute Gasteiger partial charge is 0.282 e. The molecule has 0 rings (SSSR count). The fraction of sp³-hybridized carbons (Fsp3) is 0.556. The summed E-state index contributed by atoms with van der Waals surface area (Å²) < 4.78 is 0. The summed E-state index contributed by atoms with van der Waals surface area (Å²) in [5, 5.41) is 0. The van der Waals surface area contributed by atoms with E-state index in [4.69, 9.17) is 0 Å². The van der Waals surface area contributed by atoms with Crippen molar-refractivity contribution in [3.63, 3.8) is 0 Å². The van der Waals surface area contributed by atoms with Crippen molar-refractivity contribution >= 4 is 11.8 Å². The average Bonchev–Trinajstić information content (AvgIpc) is 2.17. The van der Waals surface area contributed by atoms with Crippen molar-refractivity contribution in [1.29, 1.82) is 0 Å². The van der Waals surface area contributed by atoms with Crippen molar-refractivity contribution in [3.8, 4) is 0 Å². The Morgan fingerprint density at radius 1 is 1.42 bits per heavy atom. The van der Waals surface area contributed by atoms with Crippen LogP contribution in [0, 0.1) is 0 Å². The molecule has 0 bridgehead atoms. The first kappa shape index (κ1) is 13.5. The molecule has 0 aromatic rings. The van der Waals surface area contributed by atoms with Gasteiger partial charge in [-0.05, 0) is 6.08 Å². The van der Waals surface area contributed by atoms with E-state index in [1.165, 1.54) is 7.05 Å². The summed E-state index contributed by atoms with van der Waals surface area (Å²) in [5.41, 5.74) is 0. The summed E-state index contributed by atoms with van der Waals surface area (Å²) in [4.78, 5) is 22.5. The molecule has 0 aliphatic heterocycles. The quantitative estimate of drug-likeness (QED) is 0.592. The first-order valence-corrected chi connectivity index (χ1v) is 4.06. The fourth-order valence-corrected chi connectivity index (χ4v) is 0.497. The van der Waals surface area contributed by atoms with Gasteiger partial charge in [-0.3, -0.25) is 14.5 Å². The lowest BCUT2D eigenvalue weighted by Gasteiger charge is -2.10. The summed E-state index contributed by atoms with van der Waals surface area (Å²) in [6, 6.07) is 0.